The van der Waals surface area contributed by atoms with Gasteiger partial charge in [-0.3, -0.25) is 14.4 Å². The molecule has 1 unspecified atom stereocenters. The average Bonchev–Trinajstić information content (AvgIpc) is 2.96. The van der Waals surface area contributed by atoms with E-state index in [0.717, 1.165) is 12.0 Å². The molecule has 0 saturated carbocycles. The van der Waals surface area contributed by atoms with E-state index in [2.05, 4.69) is 13.8 Å². The molecular weight excluding hydrogens is 559 g/mol. The number of hydrogen-bond donors (Lipinski definition) is 3. The quantitative estimate of drug-likeness (QED) is 0.136. The van der Waals surface area contributed by atoms with E-state index in [1.807, 2.05) is 24.3 Å². The summed E-state index contributed by atoms with van der Waals surface area (Å²) in [5, 5.41) is 27.9. The summed E-state index contributed by atoms with van der Waals surface area (Å²) in [5.74, 6) is -0.641. The molecule has 0 radical (unpaired) electrons. The third-order valence-electron chi connectivity index (χ3n) is 6.17. The monoisotopic (exact) mass is 598 g/mol. The molecule has 0 amide bonds. The molecule has 0 aliphatic rings. The number of methoxy groups -OCH3 is 2. The Morgan fingerprint density at radius 2 is 1.19 bits per heavy atom. The third-order valence-corrected chi connectivity index (χ3v) is 6.17. The minimum atomic E-state index is -0.772. The third kappa shape index (κ3) is 12.9. The molecule has 43 heavy (non-hydrogen) atoms. The molecule has 0 saturated heterocycles. The molecule has 224 valence electrons. The van der Waals surface area contributed by atoms with Crippen LogP contribution in [-0.4, -0.2) is 76.6 Å². The Labute approximate surface area is 275 Å². The molecule has 0 spiro atoms. The van der Waals surface area contributed by atoms with Gasteiger partial charge in [-0.25, -0.2) is 0 Å². The van der Waals surface area contributed by atoms with Gasteiger partial charge in [-0.15, -0.1) is 0 Å². The van der Waals surface area contributed by atoms with Crippen molar-refractivity contribution < 1.29 is 39.2 Å². The van der Waals surface area contributed by atoms with Crippen molar-refractivity contribution in [3.8, 4) is 23.0 Å². The Morgan fingerprint density at radius 1 is 0.744 bits per heavy atom. The fourth-order valence-electron chi connectivity index (χ4n) is 3.82. The first-order valence-electron chi connectivity index (χ1n) is 13.4. The SMILES string of the molecule is CC(C)Cc1ccc(C(C)C(=O)O)cc1.COc1cc(/C=C/C(=O)CC(=O)/C=C/c2ccc(O)c(OC)c2)ccc1O.[NaH]. The number of carbonyl (C=O) groups excluding carboxylic acids is 2. The van der Waals surface area contributed by atoms with Crippen molar-refractivity contribution in [1.29, 1.82) is 0 Å². The molecule has 0 aliphatic heterocycles. The molecule has 3 rings (SSSR count). The first-order valence-corrected chi connectivity index (χ1v) is 13.4. The van der Waals surface area contributed by atoms with Crippen LogP contribution in [0.25, 0.3) is 12.2 Å². The Balaban J connectivity index is 0.000000491. The summed E-state index contributed by atoms with van der Waals surface area (Å²) in [5.41, 5.74) is 3.47. The molecule has 3 aromatic rings. The van der Waals surface area contributed by atoms with Crippen LogP contribution in [0, 0.1) is 5.92 Å². The van der Waals surface area contributed by atoms with E-state index in [1.54, 1.807) is 43.3 Å². The first-order chi connectivity index (χ1) is 19.9. The number of benzene rings is 3. The molecular formula is C34H39NaO8. The summed E-state index contributed by atoms with van der Waals surface area (Å²) in [4.78, 5) is 34.6. The van der Waals surface area contributed by atoms with Gasteiger partial charge >= 0.3 is 35.5 Å². The second-order valence-electron chi connectivity index (χ2n) is 10.0. The van der Waals surface area contributed by atoms with E-state index in [4.69, 9.17) is 14.6 Å². The summed E-state index contributed by atoms with van der Waals surface area (Å²) >= 11 is 0. The van der Waals surface area contributed by atoms with E-state index >= 15 is 0 Å². The number of rotatable bonds is 12. The summed E-state index contributed by atoms with van der Waals surface area (Å²) < 4.78 is 10.00. The number of carboxylic acids is 1. The number of aliphatic carboxylic acids is 1. The second kappa shape index (κ2) is 18.6. The summed E-state index contributed by atoms with van der Waals surface area (Å²) in [7, 11) is 2.87. The maximum absolute atomic E-state index is 11.9. The van der Waals surface area contributed by atoms with Gasteiger partial charge in [-0.1, -0.05) is 62.4 Å². The number of phenolic OH excluding ortho intramolecular Hbond substituents is 2. The van der Waals surface area contributed by atoms with Crippen LogP contribution in [0.3, 0.4) is 0 Å². The number of ketones is 2. The number of phenols is 2. The molecule has 0 bridgehead atoms. The van der Waals surface area contributed by atoms with Crippen molar-refractivity contribution >= 4 is 59.2 Å². The predicted octanol–water partition coefficient (Wildman–Crippen LogP) is 5.79. The Kier molecular flexibility index (Phi) is 16.1. The van der Waals surface area contributed by atoms with Crippen LogP contribution in [-0.2, 0) is 20.8 Å². The molecule has 3 N–H and O–H groups in total. The predicted molar refractivity (Wildman–Crippen MR) is 170 cm³/mol. The number of ether oxygens (including phenoxy) is 2. The topological polar surface area (TPSA) is 130 Å². The van der Waals surface area contributed by atoms with Gasteiger partial charge < -0.3 is 24.8 Å². The molecule has 1 atom stereocenters. The van der Waals surface area contributed by atoms with E-state index < -0.39 is 11.9 Å². The van der Waals surface area contributed by atoms with Gasteiger partial charge in [0.15, 0.2) is 34.6 Å². The second-order valence-corrected chi connectivity index (χ2v) is 10.0. The van der Waals surface area contributed by atoms with E-state index in [9.17, 15) is 24.6 Å². The molecule has 3 aromatic carbocycles. The normalized spacial score (nSPS) is 11.4. The molecule has 0 aromatic heterocycles. The fourth-order valence-corrected chi connectivity index (χ4v) is 3.82. The average molecular weight is 599 g/mol. The van der Waals surface area contributed by atoms with Gasteiger partial charge in [0.1, 0.15) is 0 Å². The van der Waals surface area contributed by atoms with Gasteiger partial charge in [0.05, 0.1) is 26.6 Å². The number of allylic oxidation sites excluding steroid dienone is 2. The van der Waals surface area contributed by atoms with Gasteiger partial charge in [0.2, 0.25) is 0 Å². The van der Waals surface area contributed by atoms with Crippen LogP contribution in [0.4, 0.5) is 0 Å². The zero-order valence-corrected chi connectivity index (χ0v) is 24.5. The van der Waals surface area contributed by atoms with Gasteiger partial charge in [0, 0.05) is 0 Å². The van der Waals surface area contributed by atoms with Crippen molar-refractivity contribution in [1.82, 2.24) is 0 Å². The van der Waals surface area contributed by atoms with Crippen LogP contribution in [0.5, 0.6) is 23.0 Å². The number of hydrogen-bond acceptors (Lipinski definition) is 7. The molecule has 0 aliphatic carbocycles. The van der Waals surface area contributed by atoms with E-state index in [0.29, 0.717) is 28.5 Å². The van der Waals surface area contributed by atoms with Crippen LogP contribution in [0.15, 0.2) is 72.8 Å². The number of carboxylic acid groups (broad SMARTS) is 1. The standard InChI is InChI=1S/C21H20O6.C13H18O2.Na.H/c1-26-20-11-14(5-9-18(20)24)3-7-16(22)13-17(23)8-4-15-6-10-19(25)21(12-15)27-2;1-9(2)8-11-4-6-12(7-5-11)10(3)13(14)15;;/h3-12,24-25H,13H2,1-2H3;4-7,9-10H,8H2,1-3H3,(H,14,15);;/b7-3+,8-4+;;;. The van der Waals surface area contributed by atoms with E-state index in [-0.39, 0.29) is 59.0 Å². The van der Waals surface area contributed by atoms with Crippen molar-refractivity contribution in [2.75, 3.05) is 14.2 Å². The van der Waals surface area contributed by atoms with Gasteiger partial charge in [-0.05, 0) is 77.9 Å². The van der Waals surface area contributed by atoms with Crippen LogP contribution in [0.1, 0.15) is 55.4 Å². The zero-order valence-electron chi connectivity index (χ0n) is 24.5. The van der Waals surface area contributed by atoms with Crippen LogP contribution < -0.4 is 9.47 Å². The Bertz CT molecular complexity index is 1350. The first kappa shape index (κ1) is 37.2. The van der Waals surface area contributed by atoms with Crippen molar-refractivity contribution in [3.05, 3.63) is 95.1 Å². The minimum absolute atomic E-state index is 0. The van der Waals surface area contributed by atoms with Gasteiger partial charge in [-0.2, -0.15) is 0 Å². The van der Waals surface area contributed by atoms with Gasteiger partial charge in [0.25, 0.3) is 0 Å². The summed E-state index contributed by atoms with van der Waals surface area (Å²) in [6, 6.07) is 17.2. The van der Waals surface area contributed by atoms with Crippen LogP contribution in [0.2, 0.25) is 0 Å². The Hall–Kier alpha value is -3.85. The van der Waals surface area contributed by atoms with E-state index in [1.165, 1.54) is 44.1 Å². The summed E-state index contributed by atoms with van der Waals surface area (Å²) in [6.07, 6.45) is 6.49. The molecule has 9 heteroatoms. The number of carbonyl (C=O) groups is 3. The molecule has 0 fully saturated rings. The summed E-state index contributed by atoms with van der Waals surface area (Å²) in [6.45, 7) is 6.06. The number of aromatic hydroxyl groups is 2. The van der Waals surface area contributed by atoms with Crippen molar-refractivity contribution in [2.45, 2.75) is 39.5 Å². The Morgan fingerprint density at radius 3 is 1.56 bits per heavy atom. The molecule has 8 nitrogen and oxygen atoms in total. The zero-order chi connectivity index (χ0) is 31.2. The maximum atomic E-state index is 11.9. The van der Waals surface area contributed by atoms with Crippen molar-refractivity contribution in [3.63, 3.8) is 0 Å². The fraction of sp³-hybridized carbons (Fsp3) is 0.265. The van der Waals surface area contributed by atoms with Crippen molar-refractivity contribution in [2.24, 2.45) is 5.92 Å². The molecule has 0 heterocycles. The van der Waals surface area contributed by atoms with Crippen LogP contribution >= 0.6 is 0 Å².